The number of carbonyl (C=O) groups is 2. The lowest BCUT2D eigenvalue weighted by Crippen LogP contribution is -2.46. The van der Waals surface area contributed by atoms with Gasteiger partial charge in [0, 0.05) is 35.8 Å². The molecule has 3 aromatic rings. The number of benzene rings is 3. The lowest BCUT2D eigenvalue weighted by Gasteiger charge is -2.32. The molecule has 34 heavy (non-hydrogen) atoms. The molecule has 1 aliphatic rings. The largest absolute Gasteiger partial charge is 0.489 e. The second kappa shape index (κ2) is 10.7. The van der Waals surface area contributed by atoms with Crippen LogP contribution in [0.3, 0.4) is 0 Å². The molecule has 1 N–H and O–H groups in total. The molecule has 0 unspecified atom stereocenters. The Morgan fingerprint density at radius 2 is 1.74 bits per heavy atom. The van der Waals surface area contributed by atoms with E-state index >= 15 is 0 Å². The van der Waals surface area contributed by atoms with Crippen LogP contribution < -0.4 is 10.1 Å². The summed E-state index contributed by atoms with van der Waals surface area (Å²) in [6.07, 6.45) is 1.43. The van der Waals surface area contributed by atoms with Gasteiger partial charge in [-0.2, -0.15) is 5.26 Å². The minimum absolute atomic E-state index is 0.0154. The van der Waals surface area contributed by atoms with Gasteiger partial charge in [-0.05, 0) is 56.2 Å². The summed E-state index contributed by atoms with van der Waals surface area (Å²) in [7, 11) is 0. The van der Waals surface area contributed by atoms with Crippen molar-refractivity contribution in [1.29, 1.82) is 5.26 Å². The number of hydrogen-bond acceptors (Lipinski definition) is 4. The molecule has 2 amide bonds. The number of ether oxygens (including phenoxy) is 1. The molecule has 1 fully saturated rings. The quantitative estimate of drug-likeness (QED) is 0.597. The zero-order valence-corrected chi connectivity index (χ0v) is 19.2. The first-order chi connectivity index (χ1) is 16.5. The highest BCUT2D eigenvalue weighted by Gasteiger charge is 2.25. The molecule has 1 heterocycles. The molecule has 0 aliphatic carbocycles. The molecule has 6 nitrogen and oxygen atoms in total. The van der Waals surface area contributed by atoms with Gasteiger partial charge in [-0.3, -0.25) is 9.59 Å². The summed E-state index contributed by atoms with van der Waals surface area (Å²) in [5.74, 6) is 0.442. The van der Waals surface area contributed by atoms with Gasteiger partial charge in [0.1, 0.15) is 12.4 Å². The summed E-state index contributed by atoms with van der Waals surface area (Å²) in [5.41, 5.74) is 3.71. The summed E-state index contributed by atoms with van der Waals surface area (Å²) in [6, 6.07) is 24.1. The van der Waals surface area contributed by atoms with Crippen molar-refractivity contribution in [1.82, 2.24) is 10.2 Å². The van der Waals surface area contributed by atoms with Gasteiger partial charge in [0.25, 0.3) is 11.8 Å². The Hall–Kier alpha value is -4.11. The van der Waals surface area contributed by atoms with E-state index in [9.17, 15) is 14.9 Å². The normalized spacial score (nSPS) is 13.7. The van der Waals surface area contributed by atoms with Gasteiger partial charge in [0.05, 0.1) is 11.6 Å². The molecule has 0 saturated carbocycles. The van der Waals surface area contributed by atoms with Gasteiger partial charge in [-0.25, -0.2) is 0 Å². The van der Waals surface area contributed by atoms with Gasteiger partial charge < -0.3 is 15.0 Å². The number of nitrogens with one attached hydrogen (secondary N) is 1. The van der Waals surface area contributed by atoms with Crippen LogP contribution >= 0.6 is 0 Å². The highest BCUT2D eigenvalue weighted by Crippen LogP contribution is 2.19. The van der Waals surface area contributed by atoms with E-state index < -0.39 is 0 Å². The van der Waals surface area contributed by atoms with Crippen molar-refractivity contribution in [3.8, 4) is 11.8 Å². The number of piperidine rings is 1. The Morgan fingerprint density at radius 1 is 1.00 bits per heavy atom. The fraction of sp³-hybridized carbons (Fsp3) is 0.250. The molecule has 1 aliphatic heterocycles. The number of hydrogen-bond donors (Lipinski definition) is 1. The molecule has 172 valence electrons. The van der Waals surface area contributed by atoms with E-state index in [-0.39, 0.29) is 24.5 Å². The predicted molar refractivity (Wildman–Crippen MR) is 130 cm³/mol. The monoisotopic (exact) mass is 453 g/mol. The third-order valence-electron chi connectivity index (χ3n) is 6.04. The number of rotatable bonds is 6. The van der Waals surface area contributed by atoms with Gasteiger partial charge in [0.15, 0.2) is 0 Å². The summed E-state index contributed by atoms with van der Waals surface area (Å²) in [4.78, 5) is 27.4. The summed E-state index contributed by atoms with van der Waals surface area (Å²) in [6.45, 7) is 3.47. The number of amides is 2. The van der Waals surface area contributed by atoms with Crippen LogP contribution in [0.2, 0.25) is 0 Å². The topological polar surface area (TPSA) is 82.4 Å². The lowest BCUT2D eigenvalue weighted by molar-refractivity contribution is 0.0698. The molecule has 6 heteroatoms. The van der Waals surface area contributed by atoms with E-state index in [2.05, 4.69) is 11.4 Å². The highest BCUT2D eigenvalue weighted by atomic mass is 16.5. The first-order valence-electron chi connectivity index (χ1n) is 11.4. The fourth-order valence-corrected chi connectivity index (χ4v) is 4.02. The Balaban J connectivity index is 1.30. The van der Waals surface area contributed by atoms with Gasteiger partial charge in [0.2, 0.25) is 0 Å². The molecule has 0 radical (unpaired) electrons. The predicted octanol–water partition coefficient (Wildman–Crippen LogP) is 4.48. The van der Waals surface area contributed by atoms with E-state index in [4.69, 9.17) is 4.74 Å². The maximum Gasteiger partial charge on any atom is 0.253 e. The summed E-state index contributed by atoms with van der Waals surface area (Å²) >= 11 is 0. The molecule has 4 rings (SSSR count). The smallest absolute Gasteiger partial charge is 0.253 e. The van der Waals surface area contributed by atoms with Crippen molar-refractivity contribution in [2.75, 3.05) is 13.1 Å². The number of nitrogens with zero attached hydrogens (tertiary/aromatic N) is 2. The Bertz CT molecular complexity index is 1210. The molecule has 3 aromatic carbocycles. The van der Waals surface area contributed by atoms with E-state index in [0.717, 1.165) is 11.1 Å². The van der Waals surface area contributed by atoms with Crippen LogP contribution in [0.1, 0.15) is 50.2 Å². The first kappa shape index (κ1) is 23.1. The van der Waals surface area contributed by atoms with Crippen molar-refractivity contribution in [3.63, 3.8) is 0 Å². The van der Waals surface area contributed by atoms with Crippen molar-refractivity contribution >= 4 is 11.8 Å². The molecular weight excluding hydrogens is 426 g/mol. The summed E-state index contributed by atoms with van der Waals surface area (Å²) in [5, 5.41) is 12.3. The third kappa shape index (κ3) is 5.62. The maximum absolute atomic E-state index is 12.8. The van der Waals surface area contributed by atoms with Crippen LogP contribution in [0.5, 0.6) is 5.75 Å². The average molecular weight is 454 g/mol. The van der Waals surface area contributed by atoms with Crippen molar-refractivity contribution in [3.05, 3.63) is 101 Å². The van der Waals surface area contributed by atoms with Gasteiger partial charge in [-0.15, -0.1) is 0 Å². The number of nitriles is 1. The summed E-state index contributed by atoms with van der Waals surface area (Å²) < 4.78 is 5.83. The molecule has 0 atom stereocenters. The average Bonchev–Trinajstić information content (AvgIpc) is 2.88. The maximum atomic E-state index is 12.8. The minimum atomic E-state index is -0.161. The zero-order chi connectivity index (χ0) is 23.9. The number of aryl methyl sites for hydroxylation is 1. The minimum Gasteiger partial charge on any atom is -0.489 e. The second-order valence-electron chi connectivity index (χ2n) is 8.49. The van der Waals surface area contributed by atoms with E-state index in [1.54, 1.807) is 30.3 Å². The van der Waals surface area contributed by atoms with E-state index in [0.29, 0.717) is 48.4 Å². The van der Waals surface area contributed by atoms with Crippen LogP contribution in [0, 0.1) is 18.3 Å². The third-order valence-corrected chi connectivity index (χ3v) is 6.04. The standard InChI is InChI=1S/C28H27N3O3/c1-20-9-11-21(12-10-20)28(33)31-15-13-25(14-16-31)30-27(32)22-7-4-8-26(17-22)34-19-24-6-3-2-5-23(24)18-29/h2-12,17,25H,13-16,19H2,1H3,(H,30,32). The first-order valence-corrected chi connectivity index (χ1v) is 11.4. The Morgan fingerprint density at radius 3 is 2.47 bits per heavy atom. The van der Waals surface area contributed by atoms with Crippen LogP contribution in [0.25, 0.3) is 0 Å². The lowest BCUT2D eigenvalue weighted by atomic mass is 10.0. The van der Waals surface area contributed by atoms with Crippen molar-refractivity contribution < 1.29 is 14.3 Å². The SMILES string of the molecule is Cc1ccc(C(=O)N2CCC(NC(=O)c3cccc(OCc4ccccc4C#N)c3)CC2)cc1. The van der Waals surface area contributed by atoms with Crippen molar-refractivity contribution in [2.24, 2.45) is 0 Å². The van der Waals surface area contributed by atoms with Crippen LogP contribution in [-0.2, 0) is 6.61 Å². The van der Waals surface area contributed by atoms with Crippen LogP contribution in [-0.4, -0.2) is 35.8 Å². The zero-order valence-electron chi connectivity index (χ0n) is 19.2. The second-order valence-corrected chi connectivity index (χ2v) is 8.49. The highest BCUT2D eigenvalue weighted by molar-refractivity contribution is 5.95. The van der Waals surface area contributed by atoms with Gasteiger partial charge >= 0.3 is 0 Å². The molecule has 1 saturated heterocycles. The number of carbonyl (C=O) groups excluding carboxylic acids is 2. The number of likely N-dealkylation sites (tertiary alicyclic amines) is 1. The van der Waals surface area contributed by atoms with E-state index in [1.165, 1.54) is 0 Å². The Labute approximate surface area is 199 Å². The van der Waals surface area contributed by atoms with Crippen LogP contribution in [0.4, 0.5) is 0 Å². The molecule has 0 bridgehead atoms. The van der Waals surface area contributed by atoms with Gasteiger partial charge in [-0.1, -0.05) is 42.0 Å². The van der Waals surface area contributed by atoms with E-state index in [1.807, 2.05) is 54.3 Å². The van der Waals surface area contributed by atoms with Crippen molar-refractivity contribution in [2.45, 2.75) is 32.4 Å². The van der Waals surface area contributed by atoms with Crippen LogP contribution in [0.15, 0.2) is 72.8 Å². The molecular formula is C28H27N3O3. The Kier molecular flexibility index (Phi) is 7.24. The molecule has 0 spiro atoms. The fourth-order valence-electron chi connectivity index (χ4n) is 4.02. The molecule has 0 aromatic heterocycles.